The van der Waals surface area contributed by atoms with Gasteiger partial charge in [0.1, 0.15) is 5.78 Å². The lowest BCUT2D eigenvalue weighted by Gasteiger charge is -2.32. The van der Waals surface area contributed by atoms with Gasteiger partial charge in [-0.1, -0.05) is 13.8 Å². The van der Waals surface area contributed by atoms with Gasteiger partial charge in [0, 0.05) is 0 Å². The van der Waals surface area contributed by atoms with Crippen LogP contribution in [0.3, 0.4) is 0 Å². The highest BCUT2D eigenvalue weighted by Gasteiger charge is 2.42. The molecule has 0 heterocycles. The maximum absolute atomic E-state index is 11.5. The Morgan fingerprint density at radius 2 is 1.40 bits per heavy atom. The van der Waals surface area contributed by atoms with E-state index in [0.29, 0.717) is 0 Å². The second-order valence-electron chi connectivity index (χ2n) is 4.01. The SMILES string of the molecule is CC(=O)C(CC(=O)O)(CC(=O)O)C(C)C. The fraction of sp³-hybridized carbons (Fsp3) is 0.700. The van der Waals surface area contributed by atoms with E-state index >= 15 is 0 Å². The molecule has 0 bridgehead atoms. The Morgan fingerprint density at radius 1 is 1.07 bits per heavy atom. The summed E-state index contributed by atoms with van der Waals surface area (Å²) in [6.45, 7) is 4.56. The van der Waals surface area contributed by atoms with Gasteiger partial charge in [-0.05, 0) is 12.8 Å². The molecule has 5 heteroatoms. The molecule has 0 unspecified atom stereocenters. The highest BCUT2D eigenvalue weighted by molar-refractivity contribution is 5.90. The molecule has 0 aliphatic heterocycles. The molecule has 0 aliphatic carbocycles. The number of aliphatic carboxylic acids is 2. The zero-order valence-electron chi connectivity index (χ0n) is 9.11. The number of carboxylic acid groups (broad SMARTS) is 2. The lowest BCUT2D eigenvalue weighted by molar-refractivity contribution is -0.152. The molecule has 0 spiro atoms. The maximum Gasteiger partial charge on any atom is 0.304 e. The minimum absolute atomic E-state index is 0.317. The molecule has 0 aromatic carbocycles. The van der Waals surface area contributed by atoms with E-state index in [0.717, 1.165) is 0 Å². The minimum atomic E-state index is -1.29. The maximum atomic E-state index is 11.5. The van der Waals surface area contributed by atoms with E-state index in [1.165, 1.54) is 6.92 Å². The number of carbonyl (C=O) groups excluding carboxylic acids is 1. The molecule has 86 valence electrons. The molecular formula is C10H16O5. The van der Waals surface area contributed by atoms with Gasteiger partial charge in [-0.15, -0.1) is 0 Å². The van der Waals surface area contributed by atoms with E-state index in [9.17, 15) is 14.4 Å². The van der Waals surface area contributed by atoms with Crippen molar-refractivity contribution in [1.29, 1.82) is 0 Å². The van der Waals surface area contributed by atoms with Crippen LogP contribution in [-0.4, -0.2) is 27.9 Å². The van der Waals surface area contributed by atoms with Crippen LogP contribution in [0.25, 0.3) is 0 Å². The summed E-state index contributed by atoms with van der Waals surface area (Å²) in [6, 6.07) is 0. The van der Waals surface area contributed by atoms with Gasteiger partial charge < -0.3 is 10.2 Å². The molecule has 0 saturated carbocycles. The summed E-state index contributed by atoms with van der Waals surface area (Å²) in [5.74, 6) is -3.01. The monoisotopic (exact) mass is 216 g/mol. The molecule has 15 heavy (non-hydrogen) atoms. The smallest absolute Gasteiger partial charge is 0.304 e. The van der Waals surface area contributed by atoms with Crippen LogP contribution in [0.2, 0.25) is 0 Å². The van der Waals surface area contributed by atoms with E-state index in [-0.39, 0.29) is 11.7 Å². The standard InChI is InChI=1S/C10H16O5/c1-6(2)10(7(3)11,4-8(12)13)5-9(14)15/h6H,4-5H2,1-3H3,(H,12,13)(H,14,15). The number of carboxylic acids is 2. The summed E-state index contributed by atoms with van der Waals surface area (Å²) in [5, 5.41) is 17.4. The van der Waals surface area contributed by atoms with E-state index in [4.69, 9.17) is 10.2 Å². The van der Waals surface area contributed by atoms with Gasteiger partial charge in [0.2, 0.25) is 0 Å². The highest BCUT2D eigenvalue weighted by Crippen LogP contribution is 2.36. The summed E-state index contributed by atoms with van der Waals surface area (Å²) in [5.41, 5.74) is -1.29. The molecule has 0 amide bonds. The summed E-state index contributed by atoms with van der Waals surface area (Å²) in [7, 11) is 0. The number of ketones is 1. The zero-order valence-corrected chi connectivity index (χ0v) is 9.11. The first-order valence-electron chi connectivity index (χ1n) is 4.67. The fourth-order valence-corrected chi connectivity index (χ4v) is 1.67. The summed E-state index contributed by atoms with van der Waals surface area (Å²) < 4.78 is 0. The molecule has 0 fully saturated rings. The van der Waals surface area contributed by atoms with Gasteiger partial charge in [0.05, 0.1) is 18.3 Å². The van der Waals surface area contributed by atoms with Crippen molar-refractivity contribution >= 4 is 17.7 Å². The molecule has 0 aromatic heterocycles. The summed E-state index contributed by atoms with van der Waals surface area (Å²) in [6.07, 6.45) is -0.876. The molecule has 0 saturated heterocycles. The van der Waals surface area contributed by atoms with Gasteiger partial charge in [0.25, 0.3) is 0 Å². The third-order valence-corrected chi connectivity index (χ3v) is 2.74. The van der Waals surface area contributed by atoms with Crippen LogP contribution in [0.5, 0.6) is 0 Å². The first-order chi connectivity index (χ1) is 6.72. The summed E-state index contributed by atoms with van der Waals surface area (Å²) in [4.78, 5) is 32.8. The van der Waals surface area contributed by atoms with Gasteiger partial charge in [-0.3, -0.25) is 14.4 Å². The van der Waals surface area contributed by atoms with E-state index in [2.05, 4.69) is 0 Å². The first kappa shape index (κ1) is 13.6. The molecule has 2 N–H and O–H groups in total. The van der Waals surface area contributed by atoms with E-state index in [1.807, 2.05) is 0 Å². The molecule has 0 radical (unpaired) electrons. The zero-order chi connectivity index (χ0) is 12.2. The van der Waals surface area contributed by atoms with Gasteiger partial charge >= 0.3 is 11.9 Å². The Balaban J connectivity index is 5.16. The quantitative estimate of drug-likeness (QED) is 0.695. The predicted molar refractivity (Wildman–Crippen MR) is 52.5 cm³/mol. The topological polar surface area (TPSA) is 91.7 Å². The van der Waals surface area contributed by atoms with Crippen LogP contribution in [-0.2, 0) is 14.4 Å². The Labute approximate surface area is 88.1 Å². The average Bonchev–Trinajstić information content (AvgIpc) is 1.99. The molecule has 0 aliphatic rings. The molecule has 0 rings (SSSR count). The van der Waals surface area contributed by atoms with Crippen LogP contribution in [0.15, 0.2) is 0 Å². The molecular weight excluding hydrogens is 200 g/mol. The lowest BCUT2D eigenvalue weighted by Crippen LogP contribution is -2.39. The third kappa shape index (κ3) is 3.34. The molecule has 0 aromatic rings. The second-order valence-corrected chi connectivity index (χ2v) is 4.01. The second kappa shape index (κ2) is 4.91. The fourth-order valence-electron chi connectivity index (χ4n) is 1.67. The Morgan fingerprint density at radius 3 is 1.53 bits per heavy atom. The van der Waals surface area contributed by atoms with Crippen molar-refractivity contribution in [3.05, 3.63) is 0 Å². The van der Waals surface area contributed by atoms with Crippen LogP contribution < -0.4 is 0 Å². The number of carbonyl (C=O) groups is 3. The highest BCUT2D eigenvalue weighted by atomic mass is 16.4. The van der Waals surface area contributed by atoms with Crippen LogP contribution in [0, 0.1) is 11.3 Å². The minimum Gasteiger partial charge on any atom is -0.481 e. The molecule has 5 nitrogen and oxygen atoms in total. The normalized spacial score (nSPS) is 11.5. The van der Waals surface area contributed by atoms with Crippen molar-refractivity contribution in [2.45, 2.75) is 33.6 Å². The molecule has 0 atom stereocenters. The van der Waals surface area contributed by atoms with E-state index in [1.54, 1.807) is 13.8 Å². The van der Waals surface area contributed by atoms with Crippen molar-refractivity contribution in [3.63, 3.8) is 0 Å². The van der Waals surface area contributed by atoms with Crippen molar-refractivity contribution in [2.75, 3.05) is 0 Å². The van der Waals surface area contributed by atoms with E-state index < -0.39 is 30.2 Å². The van der Waals surface area contributed by atoms with Crippen molar-refractivity contribution in [2.24, 2.45) is 11.3 Å². The van der Waals surface area contributed by atoms with Gasteiger partial charge in [-0.2, -0.15) is 0 Å². The number of hydrogen-bond donors (Lipinski definition) is 2. The summed E-state index contributed by atoms with van der Waals surface area (Å²) >= 11 is 0. The van der Waals surface area contributed by atoms with Gasteiger partial charge in [0.15, 0.2) is 0 Å². The number of Topliss-reactive ketones (excluding diaryl/α,β-unsaturated/α-hetero) is 1. The average molecular weight is 216 g/mol. The number of hydrogen-bond acceptors (Lipinski definition) is 3. The Bertz CT molecular complexity index is 264. The van der Waals surface area contributed by atoms with Crippen molar-refractivity contribution in [1.82, 2.24) is 0 Å². The largest absolute Gasteiger partial charge is 0.481 e. The third-order valence-electron chi connectivity index (χ3n) is 2.74. The van der Waals surface area contributed by atoms with Crippen LogP contribution in [0.1, 0.15) is 33.6 Å². The lowest BCUT2D eigenvalue weighted by atomic mass is 9.69. The van der Waals surface area contributed by atoms with Crippen molar-refractivity contribution < 1.29 is 24.6 Å². The van der Waals surface area contributed by atoms with Crippen molar-refractivity contribution in [3.8, 4) is 0 Å². The van der Waals surface area contributed by atoms with Gasteiger partial charge in [-0.25, -0.2) is 0 Å². The Hall–Kier alpha value is -1.39. The predicted octanol–water partition coefficient (Wildman–Crippen LogP) is 1.17. The number of rotatable bonds is 6. The van der Waals surface area contributed by atoms with Crippen LogP contribution in [0.4, 0.5) is 0 Å². The first-order valence-corrected chi connectivity index (χ1v) is 4.67. The van der Waals surface area contributed by atoms with Crippen LogP contribution >= 0.6 is 0 Å². The Kier molecular flexibility index (Phi) is 4.45.